The lowest BCUT2D eigenvalue weighted by molar-refractivity contribution is 0.102. The molecule has 0 radical (unpaired) electrons. The number of aromatic nitrogens is 2. The van der Waals surface area contributed by atoms with Gasteiger partial charge >= 0.3 is 0 Å². The summed E-state index contributed by atoms with van der Waals surface area (Å²) in [4.78, 5) is 23.2. The molecule has 132 valence electrons. The summed E-state index contributed by atoms with van der Waals surface area (Å²) in [5, 5.41) is 2.82. The molecule has 1 saturated heterocycles. The number of unbranched alkanes of at least 4 members (excludes halogenated alkanes) is 1. The maximum Gasteiger partial charge on any atom is 0.255 e. The number of benzene rings is 1. The molecule has 25 heavy (non-hydrogen) atoms. The second-order valence-electron chi connectivity index (χ2n) is 6.15. The molecule has 0 spiro atoms. The van der Waals surface area contributed by atoms with Crippen molar-refractivity contribution < 1.29 is 9.53 Å². The fraction of sp³-hybridized carbons (Fsp3) is 0.421. The summed E-state index contributed by atoms with van der Waals surface area (Å²) in [5.41, 5.74) is 1.17. The van der Waals surface area contributed by atoms with Crippen molar-refractivity contribution in [1.82, 2.24) is 9.97 Å². The molecular formula is C19H24N4O2. The third-order valence-electron chi connectivity index (χ3n) is 4.17. The number of carbonyl (C=O) groups is 1. The van der Waals surface area contributed by atoms with Gasteiger partial charge in [-0.05, 0) is 43.5 Å². The Hall–Kier alpha value is -2.63. The molecule has 0 bridgehead atoms. The quantitative estimate of drug-likeness (QED) is 0.781. The van der Waals surface area contributed by atoms with Gasteiger partial charge in [0, 0.05) is 18.7 Å². The van der Waals surface area contributed by atoms with E-state index in [0.717, 1.165) is 37.6 Å². The van der Waals surface area contributed by atoms with Crippen LogP contribution in [0.4, 0.5) is 11.6 Å². The average Bonchev–Trinajstić information content (AvgIpc) is 3.18. The Kier molecular flexibility index (Phi) is 5.82. The van der Waals surface area contributed by atoms with E-state index in [9.17, 15) is 4.79 Å². The highest BCUT2D eigenvalue weighted by molar-refractivity contribution is 6.04. The van der Waals surface area contributed by atoms with Crippen LogP contribution >= 0.6 is 0 Å². The van der Waals surface area contributed by atoms with Crippen LogP contribution in [-0.4, -0.2) is 35.6 Å². The Morgan fingerprint density at radius 2 is 1.84 bits per heavy atom. The van der Waals surface area contributed by atoms with Crippen LogP contribution in [0.2, 0.25) is 0 Å². The molecule has 1 fully saturated rings. The van der Waals surface area contributed by atoms with Crippen molar-refractivity contribution in [1.29, 1.82) is 0 Å². The third-order valence-corrected chi connectivity index (χ3v) is 4.17. The van der Waals surface area contributed by atoms with E-state index in [-0.39, 0.29) is 5.91 Å². The summed E-state index contributed by atoms with van der Waals surface area (Å²) in [6, 6.07) is 7.15. The predicted molar refractivity (Wildman–Crippen MR) is 98.3 cm³/mol. The van der Waals surface area contributed by atoms with Gasteiger partial charge in [0.15, 0.2) is 0 Å². The lowest BCUT2D eigenvalue weighted by atomic mass is 10.2. The van der Waals surface area contributed by atoms with Crippen molar-refractivity contribution in [3.05, 3.63) is 42.2 Å². The van der Waals surface area contributed by atoms with Crippen LogP contribution in [0.3, 0.4) is 0 Å². The number of ether oxygens (including phenoxy) is 1. The second kappa shape index (κ2) is 8.46. The lowest BCUT2D eigenvalue weighted by Gasteiger charge is -2.14. The zero-order valence-electron chi connectivity index (χ0n) is 14.6. The van der Waals surface area contributed by atoms with Crippen LogP contribution in [-0.2, 0) is 0 Å². The number of rotatable bonds is 7. The maximum atomic E-state index is 12.3. The number of hydrogen-bond donors (Lipinski definition) is 1. The molecule has 0 saturated carbocycles. The summed E-state index contributed by atoms with van der Waals surface area (Å²) in [6.07, 6.45) is 7.79. The molecule has 1 amide bonds. The van der Waals surface area contributed by atoms with Crippen LogP contribution in [0, 0.1) is 0 Å². The van der Waals surface area contributed by atoms with Crippen LogP contribution in [0.5, 0.6) is 5.75 Å². The molecule has 1 aliphatic heterocycles. The van der Waals surface area contributed by atoms with Gasteiger partial charge in [0.05, 0.1) is 24.7 Å². The molecule has 2 aromatic rings. The molecule has 0 aliphatic carbocycles. The van der Waals surface area contributed by atoms with E-state index < -0.39 is 0 Å². The number of nitrogens with zero attached hydrogens (tertiary/aromatic N) is 3. The van der Waals surface area contributed by atoms with E-state index in [1.54, 1.807) is 24.5 Å². The minimum Gasteiger partial charge on any atom is -0.494 e. The van der Waals surface area contributed by atoms with Crippen molar-refractivity contribution in [3.8, 4) is 5.75 Å². The monoisotopic (exact) mass is 340 g/mol. The second-order valence-corrected chi connectivity index (χ2v) is 6.15. The van der Waals surface area contributed by atoms with E-state index in [1.165, 1.54) is 12.8 Å². The predicted octanol–water partition coefficient (Wildman–Crippen LogP) is 3.51. The molecular weight excluding hydrogens is 316 g/mol. The minimum atomic E-state index is -0.183. The van der Waals surface area contributed by atoms with Crippen molar-refractivity contribution in [3.63, 3.8) is 0 Å². The summed E-state index contributed by atoms with van der Waals surface area (Å²) >= 11 is 0. The summed E-state index contributed by atoms with van der Waals surface area (Å²) in [7, 11) is 0. The molecule has 6 heteroatoms. The summed E-state index contributed by atoms with van der Waals surface area (Å²) in [6.45, 7) is 4.82. The van der Waals surface area contributed by atoms with Crippen molar-refractivity contribution in [2.45, 2.75) is 32.6 Å². The first-order chi connectivity index (χ1) is 12.3. The highest BCUT2D eigenvalue weighted by atomic mass is 16.5. The molecule has 1 aliphatic rings. The van der Waals surface area contributed by atoms with E-state index in [4.69, 9.17) is 4.74 Å². The Bertz CT molecular complexity index is 680. The van der Waals surface area contributed by atoms with E-state index in [1.807, 2.05) is 12.1 Å². The fourth-order valence-electron chi connectivity index (χ4n) is 2.71. The fourth-order valence-corrected chi connectivity index (χ4v) is 2.71. The molecule has 6 nitrogen and oxygen atoms in total. The Balaban J connectivity index is 1.56. The highest BCUT2D eigenvalue weighted by Crippen LogP contribution is 2.17. The number of nitrogens with one attached hydrogen (secondary N) is 1. The summed E-state index contributed by atoms with van der Waals surface area (Å²) in [5.74, 6) is 1.32. The van der Waals surface area contributed by atoms with Gasteiger partial charge in [-0.3, -0.25) is 4.79 Å². The Morgan fingerprint density at radius 3 is 2.48 bits per heavy atom. The van der Waals surface area contributed by atoms with Crippen molar-refractivity contribution >= 4 is 17.5 Å². The molecule has 1 aromatic heterocycles. The zero-order chi connectivity index (χ0) is 17.5. The Labute approximate surface area is 148 Å². The van der Waals surface area contributed by atoms with Gasteiger partial charge in [-0.2, -0.15) is 0 Å². The van der Waals surface area contributed by atoms with Gasteiger partial charge < -0.3 is 15.0 Å². The molecule has 1 aromatic carbocycles. The number of carbonyl (C=O) groups excluding carboxylic acids is 1. The molecule has 3 rings (SSSR count). The topological polar surface area (TPSA) is 67.3 Å². The molecule has 0 unspecified atom stereocenters. The maximum absolute atomic E-state index is 12.3. The van der Waals surface area contributed by atoms with Gasteiger partial charge in [-0.15, -0.1) is 0 Å². The summed E-state index contributed by atoms with van der Waals surface area (Å²) < 4.78 is 5.60. The van der Waals surface area contributed by atoms with E-state index in [0.29, 0.717) is 17.9 Å². The third kappa shape index (κ3) is 4.68. The van der Waals surface area contributed by atoms with Gasteiger partial charge in [0.25, 0.3) is 5.91 Å². The van der Waals surface area contributed by atoms with Crippen molar-refractivity contribution in [2.75, 3.05) is 29.9 Å². The normalized spacial score (nSPS) is 13.7. The van der Waals surface area contributed by atoms with Crippen LogP contribution in [0.1, 0.15) is 43.0 Å². The first kappa shape index (κ1) is 17.2. The molecule has 1 N–H and O–H groups in total. The average molecular weight is 340 g/mol. The largest absolute Gasteiger partial charge is 0.494 e. The molecule has 2 heterocycles. The first-order valence-corrected chi connectivity index (χ1v) is 8.87. The van der Waals surface area contributed by atoms with Gasteiger partial charge in [0.1, 0.15) is 5.75 Å². The first-order valence-electron chi connectivity index (χ1n) is 8.87. The van der Waals surface area contributed by atoms with Crippen molar-refractivity contribution in [2.24, 2.45) is 0 Å². The van der Waals surface area contributed by atoms with Crippen LogP contribution < -0.4 is 15.0 Å². The number of amides is 1. The number of anilines is 2. The van der Waals surface area contributed by atoms with Crippen LogP contribution in [0.25, 0.3) is 0 Å². The van der Waals surface area contributed by atoms with E-state index >= 15 is 0 Å². The zero-order valence-corrected chi connectivity index (χ0v) is 14.6. The lowest BCUT2D eigenvalue weighted by Crippen LogP contribution is -2.20. The van der Waals surface area contributed by atoms with Crippen LogP contribution in [0.15, 0.2) is 36.7 Å². The van der Waals surface area contributed by atoms with Gasteiger partial charge in [-0.25, -0.2) is 9.97 Å². The Morgan fingerprint density at radius 1 is 1.16 bits per heavy atom. The number of hydrogen-bond acceptors (Lipinski definition) is 5. The highest BCUT2D eigenvalue weighted by Gasteiger charge is 2.15. The smallest absolute Gasteiger partial charge is 0.255 e. The van der Waals surface area contributed by atoms with Gasteiger partial charge in [0.2, 0.25) is 5.95 Å². The SMILES string of the molecule is CCCCOc1ccc(C(=O)Nc2cnc(N3CCCC3)nc2)cc1. The van der Waals surface area contributed by atoms with Gasteiger partial charge in [-0.1, -0.05) is 13.3 Å². The minimum absolute atomic E-state index is 0.183. The molecule has 0 atom stereocenters. The standard InChI is InChI=1S/C19H24N4O2/c1-2-3-12-25-17-8-6-15(7-9-17)18(24)22-16-13-20-19(21-14-16)23-10-4-5-11-23/h6-9,13-14H,2-5,10-12H2,1H3,(H,22,24). The van der Waals surface area contributed by atoms with E-state index in [2.05, 4.69) is 27.1 Å².